The van der Waals surface area contributed by atoms with Crippen molar-refractivity contribution >= 4 is 41.1 Å². The fourth-order valence-corrected chi connectivity index (χ4v) is 3.41. The summed E-state index contributed by atoms with van der Waals surface area (Å²) in [6.07, 6.45) is -0.105. The van der Waals surface area contributed by atoms with Crippen LogP contribution in [0.25, 0.3) is 0 Å². The summed E-state index contributed by atoms with van der Waals surface area (Å²) in [6.45, 7) is 1.19. The summed E-state index contributed by atoms with van der Waals surface area (Å²) in [4.78, 5) is 47.4. The SMILES string of the molecule is CC(=O)N[C@H](CS[C@H]1CC(=O)N(c2cccc(F)c2)C1=O)C(=O)O. The maximum absolute atomic E-state index is 13.3. The van der Waals surface area contributed by atoms with Gasteiger partial charge in [0.15, 0.2) is 0 Å². The van der Waals surface area contributed by atoms with Crippen molar-refractivity contribution in [3.05, 3.63) is 30.1 Å². The zero-order chi connectivity index (χ0) is 17.9. The fraction of sp³-hybridized carbons (Fsp3) is 0.333. The lowest BCUT2D eigenvalue weighted by Crippen LogP contribution is -2.42. The first-order chi connectivity index (χ1) is 11.3. The fourth-order valence-electron chi connectivity index (χ4n) is 2.25. The minimum Gasteiger partial charge on any atom is -0.480 e. The second-order valence-corrected chi connectivity index (χ2v) is 6.40. The molecule has 1 fully saturated rings. The summed E-state index contributed by atoms with van der Waals surface area (Å²) in [6, 6.07) is 3.97. The monoisotopic (exact) mass is 354 g/mol. The summed E-state index contributed by atoms with van der Waals surface area (Å²) in [5, 5.41) is 10.5. The topological polar surface area (TPSA) is 104 Å². The smallest absolute Gasteiger partial charge is 0.327 e. The minimum absolute atomic E-state index is 0.0599. The Morgan fingerprint density at radius 3 is 2.75 bits per heavy atom. The molecule has 9 heteroatoms. The van der Waals surface area contributed by atoms with Gasteiger partial charge in [-0.1, -0.05) is 6.07 Å². The van der Waals surface area contributed by atoms with E-state index in [1.807, 2.05) is 0 Å². The van der Waals surface area contributed by atoms with Gasteiger partial charge in [-0.3, -0.25) is 14.4 Å². The van der Waals surface area contributed by atoms with Crippen molar-refractivity contribution in [2.45, 2.75) is 24.6 Å². The number of hydrogen-bond acceptors (Lipinski definition) is 5. The predicted molar refractivity (Wildman–Crippen MR) is 85.0 cm³/mol. The Morgan fingerprint density at radius 1 is 1.46 bits per heavy atom. The van der Waals surface area contributed by atoms with Crippen molar-refractivity contribution in [1.29, 1.82) is 0 Å². The van der Waals surface area contributed by atoms with Crippen molar-refractivity contribution in [2.24, 2.45) is 0 Å². The quantitative estimate of drug-likeness (QED) is 0.732. The van der Waals surface area contributed by atoms with E-state index in [4.69, 9.17) is 5.11 Å². The van der Waals surface area contributed by atoms with E-state index in [-0.39, 0.29) is 17.9 Å². The molecule has 3 amide bonds. The van der Waals surface area contributed by atoms with E-state index >= 15 is 0 Å². The molecule has 1 aliphatic rings. The van der Waals surface area contributed by atoms with E-state index in [9.17, 15) is 23.6 Å². The first-order valence-corrected chi connectivity index (χ1v) is 8.08. The van der Waals surface area contributed by atoms with E-state index in [1.54, 1.807) is 0 Å². The molecule has 0 bridgehead atoms. The van der Waals surface area contributed by atoms with Crippen LogP contribution in [0.3, 0.4) is 0 Å². The van der Waals surface area contributed by atoms with Crippen molar-refractivity contribution < 1.29 is 28.7 Å². The number of anilines is 1. The van der Waals surface area contributed by atoms with Crippen molar-refractivity contribution in [1.82, 2.24) is 5.32 Å². The van der Waals surface area contributed by atoms with Gasteiger partial charge in [-0.25, -0.2) is 14.1 Å². The number of thioether (sulfide) groups is 1. The number of imide groups is 1. The summed E-state index contributed by atoms with van der Waals surface area (Å²) < 4.78 is 13.3. The third-order valence-electron chi connectivity index (χ3n) is 3.31. The Balaban J connectivity index is 2.06. The van der Waals surface area contributed by atoms with Crippen LogP contribution in [0, 0.1) is 5.82 Å². The van der Waals surface area contributed by atoms with Crippen LogP contribution >= 0.6 is 11.8 Å². The van der Waals surface area contributed by atoms with E-state index in [1.165, 1.54) is 25.1 Å². The van der Waals surface area contributed by atoms with Crippen LogP contribution in [0.2, 0.25) is 0 Å². The largest absolute Gasteiger partial charge is 0.480 e. The van der Waals surface area contributed by atoms with Crippen LogP contribution in [-0.4, -0.2) is 45.8 Å². The third-order valence-corrected chi connectivity index (χ3v) is 4.61. The van der Waals surface area contributed by atoms with Gasteiger partial charge < -0.3 is 10.4 Å². The van der Waals surface area contributed by atoms with E-state index in [2.05, 4.69) is 5.32 Å². The lowest BCUT2D eigenvalue weighted by molar-refractivity contribution is -0.140. The first-order valence-electron chi connectivity index (χ1n) is 7.03. The molecule has 1 aliphatic heterocycles. The highest BCUT2D eigenvalue weighted by Crippen LogP contribution is 2.30. The standard InChI is InChI=1S/C15H15FN2O5S/c1-8(19)17-11(15(22)23)7-24-12-6-13(20)18(14(12)21)10-4-2-3-9(16)5-10/h2-5,11-12H,6-7H2,1H3,(H,17,19)(H,22,23)/t11-,12+/m1/s1. The molecule has 0 saturated carbocycles. The maximum atomic E-state index is 13.3. The lowest BCUT2D eigenvalue weighted by Gasteiger charge is -2.16. The van der Waals surface area contributed by atoms with Gasteiger partial charge in [0.1, 0.15) is 11.9 Å². The van der Waals surface area contributed by atoms with Crippen LogP contribution in [0.1, 0.15) is 13.3 Å². The molecule has 0 spiro atoms. The van der Waals surface area contributed by atoms with Crippen molar-refractivity contribution in [3.63, 3.8) is 0 Å². The van der Waals surface area contributed by atoms with Crippen molar-refractivity contribution in [2.75, 3.05) is 10.7 Å². The lowest BCUT2D eigenvalue weighted by atomic mass is 10.3. The van der Waals surface area contributed by atoms with Gasteiger partial charge in [-0.2, -0.15) is 0 Å². The van der Waals surface area contributed by atoms with Gasteiger partial charge in [0, 0.05) is 19.1 Å². The number of carbonyl (C=O) groups excluding carboxylic acids is 3. The highest BCUT2D eigenvalue weighted by Gasteiger charge is 2.40. The number of aliphatic carboxylic acids is 1. The molecule has 1 saturated heterocycles. The average Bonchev–Trinajstić information content (AvgIpc) is 2.77. The van der Waals surface area contributed by atoms with Gasteiger partial charge >= 0.3 is 5.97 Å². The van der Waals surface area contributed by atoms with Gasteiger partial charge in [-0.15, -0.1) is 11.8 Å². The number of carbonyl (C=O) groups is 4. The number of halogens is 1. The molecule has 7 nitrogen and oxygen atoms in total. The minimum atomic E-state index is -1.23. The normalized spacial score (nSPS) is 18.6. The number of amides is 3. The number of benzene rings is 1. The summed E-state index contributed by atoms with van der Waals surface area (Å²) in [5.41, 5.74) is 0.143. The number of nitrogens with one attached hydrogen (secondary N) is 1. The molecule has 1 aromatic carbocycles. The summed E-state index contributed by atoms with van der Waals surface area (Å²) in [5.74, 6) is -3.36. The van der Waals surface area contributed by atoms with Crippen LogP contribution in [0.4, 0.5) is 10.1 Å². The van der Waals surface area contributed by atoms with Gasteiger partial charge in [-0.05, 0) is 18.2 Å². The number of nitrogens with zero attached hydrogens (tertiary/aromatic N) is 1. The van der Waals surface area contributed by atoms with E-state index in [0.717, 1.165) is 22.7 Å². The molecule has 128 valence electrons. The molecule has 0 aromatic heterocycles. The van der Waals surface area contributed by atoms with Crippen molar-refractivity contribution in [3.8, 4) is 0 Å². The highest BCUT2D eigenvalue weighted by molar-refractivity contribution is 8.00. The van der Waals surface area contributed by atoms with Crippen LogP contribution in [0.5, 0.6) is 0 Å². The average molecular weight is 354 g/mol. The predicted octanol–water partition coefficient (Wildman–Crippen LogP) is 0.780. The van der Waals surface area contributed by atoms with Crippen LogP contribution < -0.4 is 10.2 Å². The zero-order valence-corrected chi connectivity index (χ0v) is 13.5. The Bertz CT molecular complexity index is 696. The number of carboxylic acid groups (broad SMARTS) is 1. The Morgan fingerprint density at radius 2 is 2.17 bits per heavy atom. The molecule has 0 aliphatic carbocycles. The molecule has 2 rings (SSSR count). The summed E-state index contributed by atoms with van der Waals surface area (Å²) in [7, 11) is 0. The molecular formula is C15H15FN2O5S. The second kappa shape index (κ2) is 7.43. The summed E-state index contributed by atoms with van der Waals surface area (Å²) >= 11 is 0.976. The van der Waals surface area contributed by atoms with E-state index in [0.29, 0.717) is 0 Å². The Kier molecular flexibility index (Phi) is 5.55. The maximum Gasteiger partial charge on any atom is 0.327 e. The molecule has 0 radical (unpaired) electrons. The zero-order valence-electron chi connectivity index (χ0n) is 12.7. The van der Waals surface area contributed by atoms with Gasteiger partial charge in [0.05, 0.1) is 10.9 Å². The molecule has 2 atom stereocenters. The molecule has 1 heterocycles. The Labute approximate surface area is 141 Å². The molecular weight excluding hydrogens is 339 g/mol. The second-order valence-electron chi connectivity index (χ2n) is 5.16. The molecule has 0 unspecified atom stereocenters. The molecule has 24 heavy (non-hydrogen) atoms. The Hall–Kier alpha value is -2.42. The molecule has 1 aromatic rings. The van der Waals surface area contributed by atoms with Crippen LogP contribution in [-0.2, 0) is 19.2 Å². The highest BCUT2D eigenvalue weighted by atomic mass is 32.2. The number of rotatable bonds is 6. The molecule has 2 N–H and O–H groups in total. The van der Waals surface area contributed by atoms with Gasteiger partial charge in [0.25, 0.3) is 0 Å². The van der Waals surface area contributed by atoms with Crippen LogP contribution in [0.15, 0.2) is 24.3 Å². The van der Waals surface area contributed by atoms with E-state index < -0.39 is 40.8 Å². The number of carboxylic acids is 1. The first kappa shape index (κ1) is 17.9. The van der Waals surface area contributed by atoms with Gasteiger partial charge in [0.2, 0.25) is 17.7 Å². The third kappa shape index (κ3) is 4.10. The number of hydrogen-bond donors (Lipinski definition) is 2.